The van der Waals surface area contributed by atoms with Gasteiger partial charge in [0.05, 0.1) is 0 Å². The first-order valence-electron chi connectivity index (χ1n) is 7.72. The van der Waals surface area contributed by atoms with E-state index in [1.165, 1.54) is 12.1 Å². The molecule has 0 radical (unpaired) electrons. The van der Waals surface area contributed by atoms with Crippen molar-refractivity contribution in [3.63, 3.8) is 0 Å². The molecule has 7 heteroatoms. The van der Waals surface area contributed by atoms with Gasteiger partial charge in [0.25, 0.3) is 0 Å². The van der Waals surface area contributed by atoms with E-state index in [9.17, 15) is 9.18 Å². The molecule has 6 nitrogen and oxygen atoms in total. The number of hydrogen-bond donors (Lipinski definition) is 1. The van der Waals surface area contributed by atoms with E-state index in [1.54, 1.807) is 24.0 Å². The molecule has 1 aliphatic heterocycles. The molecule has 1 N–H and O–H groups in total. The van der Waals surface area contributed by atoms with Gasteiger partial charge < -0.3 is 14.7 Å². The first-order chi connectivity index (χ1) is 11.1. The lowest BCUT2D eigenvalue weighted by Gasteiger charge is -2.33. The Hall–Kier alpha value is -2.44. The second-order valence-electron chi connectivity index (χ2n) is 5.67. The molecule has 1 aromatic carbocycles. The summed E-state index contributed by atoms with van der Waals surface area (Å²) in [6.07, 6.45) is 2.78. The summed E-state index contributed by atoms with van der Waals surface area (Å²) in [5, 5.41) is 6.68. The maximum Gasteiger partial charge on any atom is 0.318 e. The number of nitrogens with zero attached hydrogens (tertiary/aromatic N) is 3. The van der Waals surface area contributed by atoms with Crippen LogP contribution in [0, 0.1) is 12.7 Å². The molecule has 0 unspecified atom stereocenters. The first-order valence-corrected chi connectivity index (χ1v) is 7.72. The van der Waals surface area contributed by atoms with Crippen LogP contribution in [0.4, 0.5) is 9.18 Å². The molecule has 3 rings (SSSR count). The largest absolute Gasteiger partial charge is 0.337 e. The van der Waals surface area contributed by atoms with Crippen molar-refractivity contribution in [1.29, 1.82) is 0 Å². The third-order valence-corrected chi connectivity index (χ3v) is 3.95. The minimum absolute atomic E-state index is 0.171. The lowest BCUT2D eigenvalue weighted by molar-refractivity contribution is 0.131. The average molecular weight is 318 g/mol. The molecule has 1 fully saturated rings. The monoisotopic (exact) mass is 318 g/mol. The molecule has 0 spiro atoms. The number of amides is 2. The van der Waals surface area contributed by atoms with Crippen molar-refractivity contribution in [3.05, 3.63) is 47.4 Å². The van der Waals surface area contributed by atoms with Gasteiger partial charge in [0, 0.05) is 13.1 Å². The van der Waals surface area contributed by atoms with Crippen LogP contribution in [0.2, 0.25) is 0 Å². The highest BCUT2D eigenvalue weighted by Gasteiger charge is 2.31. The van der Waals surface area contributed by atoms with Crippen molar-refractivity contribution in [2.45, 2.75) is 38.8 Å². The number of carbonyl (C=O) groups excluding carboxylic acids is 1. The number of aromatic nitrogens is 2. The minimum Gasteiger partial charge on any atom is -0.337 e. The summed E-state index contributed by atoms with van der Waals surface area (Å²) in [7, 11) is 0. The van der Waals surface area contributed by atoms with E-state index in [4.69, 9.17) is 4.52 Å². The van der Waals surface area contributed by atoms with E-state index in [2.05, 4.69) is 15.5 Å². The molecule has 1 saturated heterocycles. The molecule has 122 valence electrons. The Kier molecular flexibility index (Phi) is 4.55. The third-order valence-electron chi connectivity index (χ3n) is 3.95. The number of halogens is 1. The van der Waals surface area contributed by atoms with Crippen LogP contribution in [-0.4, -0.2) is 27.6 Å². The maximum absolute atomic E-state index is 12.9. The number of rotatable bonds is 3. The minimum atomic E-state index is -0.289. The Morgan fingerprint density at radius 3 is 2.87 bits per heavy atom. The number of benzene rings is 1. The van der Waals surface area contributed by atoms with Crippen molar-refractivity contribution in [1.82, 2.24) is 20.4 Å². The van der Waals surface area contributed by atoms with Crippen molar-refractivity contribution < 1.29 is 13.7 Å². The molecular weight excluding hydrogens is 299 g/mol. The normalized spacial score (nSPS) is 18.0. The number of nitrogens with one attached hydrogen (secondary N) is 1. The predicted octanol–water partition coefficient (Wildman–Crippen LogP) is 2.95. The van der Waals surface area contributed by atoms with Crippen LogP contribution in [0.15, 0.2) is 28.8 Å². The highest BCUT2D eigenvalue weighted by molar-refractivity contribution is 5.74. The van der Waals surface area contributed by atoms with Crippen LogP contribution >= 0.6 is 0 Å². The smallest absolute Gasteiger partial charge is 0.318 e. The van der Waals surface area contributed by atoms with Gasteiger partial charge in [-0.05, 0) is 43.9 Å². The molecule has 23 heavy (non-hydrogen) atoms. The van der Waals surface area contributed by atoms with Crippen molar-refractivity contribution in [2.75, 3.05) is 6.54 Å². The summed E-state index contributed by atoms with van der Waals surface area (Å²) in [4.78, 5) is 18.5. The van der Waals surface area contributed by atoms with E-state index < -0.39 is 0 Å². The van der Waals surface area contributed by atoms with Crippen LogP contribution < -0.4 is 5.32 Å². The zero-order chi connectivity index (χ0) is 16.2. The number of carbonyl (C=O) groups is 1. The summed E-state index contributed by atoms with van der Waals surface area (Å²) < 4.78 is 18.1. The highest BCUT2D eigenvalue weighted by atomic mass is 19.1. The lowest BCUT2D eigenvalue weighted by Crippen LogP contribution is -2.44. The quantitative estimate of drug-likeness (QED) is 0.944. The zero-order valence-corrected chi connectivity index (χ0v) is 13.0. The van der Waals surface area contributed by atoms with Crippen molar-refractivity contribution >= 4 is 6.03 Å². The van der Waals surface area contributed by atoms with Crippen LogP contribution in [0.1, 0.15) is 42.6 Å². The number of piperidine rings is 1. The standard InChI is InChI=1S/C16H19FN4O2/c1-11-19-15(23-20-11)14-4-2-3-9-21(14)16(22)18-10-12-5-7-13(17)8-6-12/h5-8,14H,2-4,9-10H2,1H3,(H,18,22)/t14-/m0/s1. The lowest BCUT2D eigenvalue weighted by atomic mass is 10.0. The van der Waals surface area contributed by atoms with E-state index >= 15 is 0 Å². The van der Waals surface area contributed by atoms with Gasteiger partial charge >= 0.3 is 6.03 Å². The Balaban J connectivity index is 1.65. The fourth-order valence-electron chi connectivity index (χ4n) is 2.76. The predicted molar refractivity (Wildman–Crippen MR) is 81.0 cm³/mol. The fraction of sp³-hybridized carbons (Fsp3) is 0.438. The average Bonchev–Trinajstić information content (AvgIpc) is 3.00. The van der Waals surface area contributed by atoms with Crippen LogP contribution in [-0.2, 0) is 6.54 Å². The van der Waals surface area contributed by atoms with Gasteiger partial charge in [0.15, 0.2) is 5.82 Å². The summed E-state index contributed by atoms with van der Waals surface area (Å²) in [5.41, 5.74) is 0.849. The second-order valence-corrected chi connectivity index (χ2v) is 5.67. The van der Waals surface area contributed by atoms with Crippen LogP contribution in [0.3, 0.4) is 0 Å². The van der Waals surface area contributed by atoms with E-state index in [1.807, 2.05) is 0 Å². The topological polar surface area (TPSA) is 71.3 Å². The Labute approximate surface area is 133 Å². The molecular formula is C16H19FN4O2. The van der Waals surface area contributed by atoms with Gasteiger partial charge in [-0.15, -0.1) is 0 Å². The third kappa shape index (κ3) is 3.67. The number of aryl methyl sites for hydroxylation is 1. The van der Waals surface area contributed by atoms with Gasteiger partial charge in [-0.25, -0.2) is 9.18 Å². The number of hydrogen-bond acceptors (Lipinski definition) is 4. The van der Waals surface area contributed by atoms with Crippen molar-refractivity contribution in [2.24, 2.45) is 0 Å². The molecule has 0 aliphatic carbocycles. The fourth-order valence-corrected chi connectivity index (χ4v) is 2.76. The Morgan fingerprint density at radius 1 is 1.39 bits per heavy atom. The molecule has 2 heterocycles. The molecule has 0 saturated carbocycles. The molecule has 2 amide bonds. The number of likely N-dealkylation sites (tertiary alicyclic amines) is 1. The summed E-state index contributed by atoms with van der Waals surface area (Å²) in [6, 6.07) is 5.72. The SMILES string of the molecule is Cc1noc([C@@H]2CCCCN2C(=O)NCc2ccc(F)cc2)n1. The van der Waals surface area contributed by atoms with Gasteiger partial charge in [-0.3, -0.25) is 0 Å². The Bertz CT molecular complexity index is 671. The van der Waals surface area contributed by atoms with Gasteiger partial charge in [-0.1, -0.05) is 17.3 Å². The first kappa shape index (κ1) is 15.5. The Morgan fingerprint density at radius 2 is 2.17 bits per heavy atom. The molecule has 1 atom stereocenters. The number of urea groups is 1. The van der Waals surface area contributed by atoms with Gasteiger partial charge in [0.2, 0.25) is 5.89 Å². The molecule has 1 aliphatic rings. The summed E-state index contributed by atoms with van der Waals surface area (Å²) in [5.74, 6) is 0.763. The van der Waals surface area contributed by atoms with E-state index in [0.717, 1.165) is 24.8 Å². The molecule has 2 aromatic rings. The second kappa shape index (κ2) is 6.76. The zero-order valence-electron chi connectivity index (χ0n) is 13.0. The van der Waals surface area contributed by atoms with Gasteiger partial charge in [-0.2, -0.15) is 4.98 Å². The summed E-state index contributed by atoms with van der Waals surface area (Å²) in [6.45, 7) is 2.77. The molecule has 0 bridgehead atoms. The highest BCUT2D eigenvalue weighted by Crippen LogP contribution is 2.29. The van der Waals surface area contributed by atoms with E-state index in [0.29, 0.717) is 24.8 Å². The molecule has 1 aromatic heterocycles. The van der Waals surface area contributed by atoms with Gasteiger partial charge in [0.1, 0.15) is 11.9 Å². The van der Waals surface area contributed by atoms with Crippen LogP contribution in [0.5, 0.6) is 0 Å². The maximum atomic E-state index is 12.9. The summed E-state index contributed by atoms with van der Waals surface area (Å²) >= 11 is 0. The van der Waals surface area contributed by atoms with Crippen molar-refractivity contribution in [3.8, 4) is 0 Å². The van der Waals surface area contributed by atoms with Crippen LogP contribution in [0.25, 0.3) is 0 Å². The van der Waals surface area contributed by atoms with E-state index in [-0.39, 0.29) is 17.9 Å².